The maximum atomic E-state index is 8.51. The first-order valence-corrected chi connectivity index (χ1v) is 2.43. The van der Waals surface area contributed by atoms with Crippen LogP contribution >= 0.6 is 0 Å². The molecule has 0 aromatic carbocycles. The average Bonchev–Trinajstić information content (AvgIpc) is 1.90. The minimum atomic E-state index is 0. The summed E-state index contributed by atoms with van der Waals surface area (Å²) in [4.78, 5) is 3.78. The van der Waals surface area contributed by atoms with Gasteiger partial charge in [0, 0.05) is 12.4 Å². The normalized spacial score (nSPS) is 7.30. The zero-order chi connectivity index (χ0) is 5.82. The maximum absolute atomic E-state index is 8.51. The van der Waals surface area contributed by atoms with Crippen molar-refractivity contribution < 1.29 is 62.0 Å². The van der Waals surface area contributed by atoms with Gasteiger partial charge in [-0.2, -0.15) is 0 Å². The van der Waals surface area contributed by atoms with Crippen molar-refractivity contribution in [1.82, 2.24) is 4.98 Å². The van der Waals surface area contributed by atoms with Gasteiger partial charge in [0.25, 0.3) is 0 Å². The van der Waals surface area contributed by atoms with Crippen LogP contribution < -0.4 is 51.4 Å². The van der Waals surface area contributed by atoms with Crippen molar-refractivity contribution in [3.63, 3.8) is 0 Å². The molecule has 0 atom stereocenters. The SMILES string of the molecule is OCc1ccncc1.[K+].[OH-]. The van der Waals surface area contributed by atoms with E-state index in [4.69, 9.17) is 5.11 Å². The number of aliphatic hydroxyl groups is 1. The van der Waals surface area contributed by atoms with Crippen LogP contribution in [0.3, 0.4) is 0 Å². The number of rotatable bonds is 1. The van der Waals surface area contributed by atoms with E-state index in [0.717, 1.165) is 5.56 Å². The molecular weight excluding hydrogens is 157 g/mol. The van der Waals surface area contributed by atoms with E-state index in [1.807, 2.05) is 0 Å². The Morgan fingerprint density at radius 3 is 2.10 bits per heavy atom. The number of pyridine rings is 1. The van der Waals surface area contributed by atoms with E-state index in [1.165, 1.54) is 0 Å². The summed E-state index contributed by atoms with van der Waals surface area (Å²) in [6.45, 7) is 0.0997. The summed E-state index contributed by atoms with van der Waals surface area (Å²) in [5.74, 6) is 0. The quantitative estimate of drug-likeness (QED) is 0.464. The molecule has 1 rings (SSSR count). The van der Waals surface area contributed by atoms with Crippen molar-refractivity contribution in [3.05, 3.63) is 30.1 Å². The molecule has 0 unspecified atom stereocenters. The molecule has 0 saturated carbocycles. The summed E-state index contributed by atoms with van der Waals surface area (Å²) in [7, 11) is 0. The van der Waals surface area contributed by atoms with Gasteiger partial charge in [-0.1, -0.05) is 0 Å². The van der Waals surface area contributed by atoms with Crippen LogP contribution in [0.2, 0.25) is 0 Å². The van der Waals surface area contributed by atoms with Crippen molar-refractivity contribution in [2.24, 2.45) is 0 Å². The summed E-state index contributed by atoms with van der Waals surface area (Å²) >= 11 is 0. The number of hydrogen-bond donors (Lipinski definition) is 1. The molecule has 50 valence electrons. The molecule has 2 N–H and O–H groups in total. The molecule has 0 fully saturated rings. The molecule has 4 heteroatoms. The van der Waals surface area contributed by atoms with Gasteiger partial charge in [0.1, 0.15) is 0 Å². The Balaban J connectivity index is 0. The third-order valence-electron chi connectivity index (χ3n) is 0.932. The number of aliphatic hydroxyl groups excluding tert-OH is 1. The van der Waals surface area contributed by atoms with Crippen LogP contribution in [0.4, 0.5) is 0 Å². The number of hydrogen-bond acceptors (Lipinski definition) is 3. The summed E-state index contributed by atoms with van der Waals surface area (Å²) in [6.07, 6.45) is 3.32. The van der Waals surface area contributed by atoms with Crippen LogP contribution in [0, 0.1) is 0 Å². The fraction of sp³-hybridized carbons (Fsp3) is 0.167. The standard InChI is InChI=1S/C6H7NO.K.H2O/c8-5-6-1-3-7-4-2-6;;/h1-4,8H,5H2;;1H2/q;+1;/p-1. The molecule has 0 bridgehead atoms. The molecule has 0 aliphatic rings. The van der Waals surface area contributed by atoms with Crippen molar-refractivity contribution >= 4 is 0 Å². The second-order valence-corrected chi connectivity index (χ2v) is 1.51. The molecule has 0 radical (unpaired) electrons. The van der Waals surface area contributed by atoms with Gasteiger partial charge in [-0.05, 0) is 17.7 Å². The van der Waals surface area contributed by atoms with Crippen LogP contribution in [0.25, 0.3) is 0 Å². The van der Waals surface area contributed by atoms with Gasteiger partial charge in [-0.15, -0.1) is 0 Å². The first-order chi connectivity index (χ1) is 3.93. The van der Waals surface area contributed by atoms with E-state index in [0.29, 0.717) is 0 Å². The summed E-state index contributed by atoms with van der Waals surface area (Å²) < 4.78 is 0. The van der Waals surface area contributed by atoms with E-state index in [2.05, 4.69) is 4.98 Å². The van der Waals surface area contributed by atoms with Crippen LogP contribution in [0.15, 0.2) is 24.5 Å². The van der Waals surface area contributed by atoms with Gasteiger partial charge >= 0.3 is 51.4 Å². The minimum absolute atomic E-state index is 0. The molecule has 0 spiro atoms. The van der Waals surface area contributed by atoms with Gasteiger partial charge < -0.3 is 10.6 Å². The van der Waals surface area contributed by atoms with Crippen LogP contribution in [-0.4, -0.2) is 15.6 Å². The molecule has 0 aliphatic heterocycles. The fourth-order valence-electron chi connectivity index (χ4n) is 0.488. The van der Waals surface area contributed by atoms with Crippen LogP contribution in [-0.2, 0) is 6.61 Å². The second kappa shape index (κ2) is 7.81. The van der Waals surface area contributed by atoms with Crippen molar-refractivity contribution in [3.8, 4) is 0 Å². The topological polar surface area (TPSA) is 63.1 Å². The Bertz CT molecular complexity index is 157. The Hall–Kier alpha value is 0.706. The molecule has 3 nitrogen and oxygen atoms in total. The van der Waals surface area contributed by atoms with Gasteiger partial charge in [-0.3, -0.25) is 4.98 Å². The molecular formula is C6H8KNO2. The van der Waals surface area contributed by atoms with Crippen molar-refractivity contribution in [2.75, 3.05) is 0 Å². The van der Waals surface area contributed by atoms with Crippen LogP contribution in [0.5, 0.6) is 0 Å². The van der Waals surface area contributed by atoms with Crippen molar-refractivity contribution in [1.29, 1.82) is 0 Å². The second-order valence-electron chi connectivity index (χ2n) is 1.51. The first kappa shape index (κ1) is 13.3. The van der Waals surface area contributed by atoms with E-state index < -0.39 is 0 Å². The minimum Gasteiger partial charge on any atom is -0.870 e. The third kappa shape index (κ3) is 4.51. The third-order valence-corrected chi connectivity index (χ3v) is 0.932. The maximum Gasteiger partial charge on any atom is 1.00 e. The molecule has 0 saturated heterocycles. The van der Waals surface area contributed by atoms with E-state index in [1.54, 1.807) is 24.5 Å². The van der Waals surface area contributed by atoms with Gasteiger partial charge in [0.05, 0.1) is 6.61 Å². The monoisotopic (exact) mass is 165 g/mol. The first-order valence-electron chi connectivity index (χ1n) is 2.43. The molecule has 0 amide bonds. The van der Waals surface area contributed by atoms with Gasteiger partial charge in [-0.25, -0.2) is 0 Å². The predicted octanol–water partition coefficient (Wildman–Crippen LogP) is -2.60. The van der Waals surface area contributed by atoms with E-state index in [-0.39, 0.29) is 63.5 Å². The summed E-state index contributed by atoms with van der Waals surface area (Å²) in [5, 5.41) is 8.51. The molecule has 1 aromatic rings. The Morgan fingerprint density at radius 2 is 1.80 bits per heavy atom. The van der Waals surface area contributed by atoms with E-state index in [9.17, 15) is 0 Å². The molecule has 10 heavy (non-hydrogen) atoms. The molecule has 0 aliphatic carbocycles. The largest absolute Gasteiger partial charge is 1.00 e. The van der Waals surface area contributed by atoms with Crippen LogP contribution in [0.1, 0.15) is 5.56 Å². The van der Waals surface area contributed by atoms with Gasteiger partial charge in [0.2, 0.25) is 0 Å². The van der Waals surface area contributed by atoms with Crippen molar-refractivity contribution in [2.45, 2.75) is 6.61 Å². The fourth-order valence-corrected chi connectivity index (χ4v) is 0.488. The Labute approximate surface area is 102 Å². The number of nitrogens with zero attached hydrogens (tertiary/aromatic N) is 1. The van der Waals surface area contributed by atoms with Gasteiger partial charge in [0.15, 0.2) is 0 Å². The average molecular weight is 165 g/mol. The molecule has 1 aromatic heterocycles. The smallest absolute Gasteiger partial charge is 0.870 e. The summed E-state index contributed by atoms with van der Waals surface area (Å²) in [6, 6.07) is 3.56. The molecule has 1 heterocycles. The van der Waals surface area contributed by atoms with E-state index >= 15 is 0 Å². The zero-order valence-electron chi connectivity index (χ0n) is 5.86. The Kier molecular flexibility index (Phi) is 10.4. The Morgan fingerprint density at radius 1 is 1.30 bits per heavy atom. The summed E-state index contributed by atoms with van der Waals surface area (Å²) in [5.41, 5.74) is 0.903. The predicted molar refractivity (Wildman–Crippen MR) is 32.1 cm³/mol. The zero-order valence-corrected chi connectivity index (χ0v) is 8.98. The number of aromatic nitrogens is 1.